The quantitative estimate of drug-likeness (QED) is 0.768. The van der Waals surface area contributed by atoms with Gasteiger partial charge in [-0.15, -0.1) is 0 Å². The van der Waals surface area contributed by atoms with Crippen LogP contribution < -0.4 is 10.6 Å². The molecular formula is C21H27N3. The first kappa shape index (κ1) is 17.9. The van der Waals surface area contributed by atoms with E-state index < -0.39 is 0 Å². The van der Waals surface area contributed by atoms with Gasteiger partial charge in [0.1, 0.15) is 0 Å². The van der Waals surface area contributed by atoms with Crippen LogP contribution in [0, 0.1) is 23.2 Å². The zero-order valence-corrected chi connectivity index (χ0v) is 15.1. The van der Waals surface area contributed by atoms with E-state index >= 15 is 0 Å². The monoisotopic (exact) mass is 321 g/mol. The van der Waals surface area contributed by atoms with E-state index in [2.05, 4.69) is 50.8 Å². The van der Waals surface area contributed by atoms with Crippen molar-refractivity contribution in [1.82, 2.24) is 0 Å². The fraction of sp³-hybridized carbons (Fsp3) is 0.381. The number of anilines is 2. The molecule has 126 valence electrons. The Morgan fingerprint density at radius 3 is 2.17 bits per heavy atom. The lowest BCUT2D eigenvalue weighted by Crippen LogP contribution is -2.31. The van der Waals surface area contributed by atoms with Crippen LogP contribution in [0.3, 0.4) is 0 Å². The molecule has 0 aromatic heterocycles. The van der Waals surface area contributed by atoms with Crippen molar-refractivity contribution in [3.63, 3.8) is 0 Å². The van der Waals surface area contributed by atoms with Gasteiger partial charge in [-0.3, -0.25) is 0 Å². The van der Waals surface area contributed by atoms with Crippen molar-refractivity contribution in [1.29, 1.82) is 5.26 Å². The Morgan fingerprint density at radius 1 is 1.00 bits per heavy atom. The Bertz CT molecular complexity index is 716. The number of rotatable bonds is 6. The van der Waals surface area contributed by atoms with E-state index in [1.165, 1.54) is 0 Å². The Kier molecular flexibility index (Phi) is 5.87. The van der Waals surface area contributed by atoms with E-state index in [1.807, 2.05) is 30.3 Å². The lowest BCUT2D eigenvalue weighted by Gasteiger charge is -2.30. The zero-order chi connectivity index (χ0) is 17.7. The van der Waals surface area contributed by atoms with Crippen molar-refractivity contribution in [2.75, 3.05) is 23.7 Å². The molecule has 2 aromatic rings. The average Bonchev–Trinajstić information content (AvgIpc) is 2.53. The van der Waals surface area contributed by atoms with Crippen LogP contribution >= 0.6 is 0 Å². The minimum absolute atomic E-state index is 0.571. The molecule has 0 aliphatic heterocycles. The number of nitrogen functional groups attached to an aromatic ring is 1. The maximum Gasteiger partial charge on any atom is 0.0998 e. The molecular weight excluding hydrogens is 294 g/mol. The van der Waals surface area contributed by atoms with Gasteiger partial charge in [0, 0.05) is 13.1 Å². The minimum Gasteiger partial charge on any atom is -0.397 e. The number of hydrogen-bond acceptors (Lipinski definition) is 3. The molecule has 2 rings (SSSR count). The van der Waals surface area contributed by atoms with Crippen LogP contribution in [0.1, 0.15) is 33.3 Å². The van der Waals surface area contributed by atoms with Crippen LogP contribution in [0.15, 0.2) is 42.5 Å². The fourth-order valence-electron chi connectivity index (χ4n) is 3.00. The van der Waals surface area contributed by atoms with Crippen molar-refractivity contribution in [3.8, 4) is 17.2 Å². The van der Waals surface area contributed by atoms with Gasteiger partial charge in [-0.05, 0) is 41.2 Å². The SMILES string of the molecule is CC(C)CN(CC(C)C)c1ccc(-c2ccccc2C#N)cc1N. The molecule has 0 radical (unpaired) electrons. The number of nitrogens with zero attached hydrogens (tertiary/aromatic N) is 2. The van der Waals surface area contributed by atoms with Gasteiger partial charge in [-0.25, -0.2) is 0 Å². The summed E-state index contributed by atoms with van der Waals surface area (Å²) in [5.41, 5.74) is 10.8. The molecule has 0 atom stereocenters. The highest BCUT2D eigenvalue weighted by molar-refractivity contribution is 5.79. The summed E-state index contributed by atoms with van der Waals surface area (Å²) >= 11 is 0. The third-order valence-corrected chi connectivity index (χ3v) is 3.90. The highest BCUT2D eigenvalue weighted by atomic mass is 15.1. The van der Waals surface area contributed by atoms with E-state index in [-0.39, 0.29) is 0 Å². The van der Waals surface area contributed by atoms with Crippen LogP contribution in [0.4, 0.5) is 11.4 Å². The minimum atomic E-state index is 0.571. The van der Waals surface area contributed by atoms with Gasteiger partial charge in [0.05, 0.1) is 23.0 Å². The maximum absolute atomic E-state index is 9.30. The molecule has 24 heavy (non-hydrogen) atoms. The third kappa shape index (κ3) is 4.29. The molecule has 0 saturated heterocycles. The molecule has 0 aliphatic rings. The zero-order valence-electron chi connectivity index (χ0n) is 15.1. The average molecular weight is 321 g/mol. The number of nitriles is 1. The summed E-state index contributed by atoms with van der Waals surface area (Å²) in [6, 6.07) is 16.0. The van der Waals surface area contributed by atoms with Crippen molar-refractivity contribution >= 4 is 11.4 Å². The van der Waals surface area contributed by atoms with Crippen LogP contribution in [-0.4, -0.2) is 13.1 Å². The molecule has 2 aromatic carbocycles. The second kappa shape index (κ2) is 7.88. The molecule has 0 fully saturated rings. The normalized spacial score (nSPS) is 10.9. The summed E-state index contributed by atoms with van der Waals surface area (Å²) < 4.78 is 0. The standard InChI is InChI=1S/C21H27N3/c1-15(2)13-24(14-16(3)4)21-10-9-17(11-20(21)23)19-8-6-5-7-18(19)12-22/h5-11,15-16H,13-14,23H2,1-4H3. The molecule has 3 nitrogen and oxygen atoms in total. The first-order valence-corrected chi connectivity index (χ1v) is 8.56. The predicted octanol–water partition coefficient (Wildman–Crippen LogP) is 4.93. The van der Waals surface area contributed by atoms with Gasteiger partial charge in [-0.1, -0.05) is 52.0 Å². The molecule has 0 bridgehead atoms. The van der Waals surface area contributed by atoms with Crippen molar-refractivity contribution in [2.45, 2.75) is 27.7 Å². The topological polar surface area (TPSA) is 53.0 Å². The molecule has 0 saturated carbocycles. The van der Waals surface area contributed by atoms with E-state index in [0.29, 0.717) is 17.4 Å². The van der Waals surface area contributed by atoms with E-state index in [0.717, 1.165) is 35.6 Å². The molecule has 0 spiro atoms. The summed E-state index contributed by atoms with van der Waals surface area (Å²) in [6.07, 6.45) is 0. The summed E-state index contributed by atoms with van der Waals surface area (Å²) in [5, 5.41) is 9.30. The highest BCUT2D eigenvalue weighted by Gasteiger charge is 2.14. The van der Waals surface area contributed by atoms with Gasteiger partial charge < -0.3 is 10.6 Å². The largest absolute Gasteiger partial charge is 0.397 e. The molecule has 3 heteroatoms. The third-order valence-electron chi connectivity index (χ3n) is 3.90. The Morgan fingerprint density at radius 2 is 1.62 bits per heavy atom. The van der Waals surface area contributed by atoms with E-state index in [9.17, 15) is 5.26 Å². The number of hydrogen-bond donors (Lipinski definition) is 1. The Hall–Kier alpha value is -2.47. The molecule has 2 N–H and O–H groups in total. The Labute approximate surface area is 145 Å². The number of nitrogens with two attached hydrogens (primary N) is 1. The van der Waals surface area contributed by atoms with E-state index in [1.54, 1.807) is 0 Å². The van der Waals surface area contributed by atoms with Gasteiger partial charge in [0.25, 0.3) is 0 Å². The smallest absolute Gasteiger partial charge is 0.0998 e. The first-order valence-electron chi connectivity index (χ1n) is 8.56. The second-order valence-electron chi connectivity index (χ2n) is 7.12. The van der Waals surface area contributed by atoms with Gasteiger partial charge >= 0.3 is 0 Å². The summed E-state index contributed by atoms with van der Waals surface area (Å²) in [4.78, 5) is 2.37. The van der Waals surface area contributed by atoms with Gasteiger partial charge in [0.15, 0.2) is 0 Å². The fourth-order valence-corrected chi connectivity index (χ4v) is 3.00. The van der Waals surface area contributed by atoms with E-state index in [4.69, 9.17) is 5.73 Å². The van der Waals surface area contributed by atoms with Crippen LogP contribution in [0.25, 0.3) is 11.1 Å². The maximum atomic E-state index is 9.30. The lowest BCUT2D eigenvalue weighted by atomic mass is 9.99. The van der Waals surface area contributed by atoms with Crippen LogP contribution in [-0.2, 0) is 0 Å². The van der Waals surface area contributed by atoms with Crippen molar-refractivity contribution in [3.05, 3.63) is 48.0 Å². The van der Waals surface area contributed by atoms with Crippen molar-refractivity contribution < 1.29 is 0 Å². The van der Waals surface area contributed by atoms with Crippen LogP contribution in [0.5, 0.6) is 0 Å². The first-order chi connectivity index (χ1) is 11.4. The number of benzene rings is 2. The summed E-state index contributed by atoms with van der Waals surface area (Å²) in [6.45, 7) is 10.9. The predicted molar refractivity (Wildman–Crippen MR) is 103 cm³/mol. The van der Waals surface area contributed by atoms with Crippen molar-refractivity contribution in [2.24, 2.45) is 11.8 Å². The van der Waals surface area contributed by atoms with Gasteiger partial charge in [-0.2, -0.15) is 5.26 Å². The highest BCUT2D eigenvalue weighted by Crippen LogP contribution is 2.31. The second-order valence-corrected chi connectivity index (χ2v) is 7.12. The lowest BCUT2D eigenvalue weighted by molar-refractivity contribution is 0.553. The molecule has 0 unspecified atom stereocenters. The molecule has 0 amide bonds. The summed E-state index contributed by atoms with van der Waals surface area (Å²) in [5.74, 6) is 1.14. The van der Waals surface area contributed by atoms with Crippen LogP contribution in [0.2, 0.25) is 0 Å². The van der Waals surface area contributed by atoms with Gasteiger partial charge in [0.2, 0.25) is 0 Å². The summed E-state index contributed by atoms with van der Waals surface area (Å²) in [7, 11) is 0. The Balaban J connectivity index is 2.39. The molecule has 0 heterocycles. The molecule has 0 aliphatic carbocycles.